The summed E-state index contributed by atoms with van der Waals surface area (Å²) in [7, 11) is 0. The van der Waals surface area contributed by atoms with Crippen molar-refractivity contribution in [1.29, 1.82) is 0 Å². The lowest BCUT2D eigenvalue weighted by Crippen LogP contribution is -2.37. The number of nitrogens with zero attached hydrogens (tertiary/aromatic N) is 2. The van der Waals surface area contributed by atoms with Gasteiger partial charge >= 0.3 is 0 Å². The second kappa shape index (κ2) is 9.20. The first-order chi connectivity index (χ1) is 16.7. The first-order valence-electron chi connectivity index (χ1n) is 11.9. The number of benzene rings is 1. The maximum absolute atomic E-state index is 13.5. The fourth-order valence-corrected chi connectivity index (χ4v) is 6.00. The maximum atomic E-state index is 13.5. The molecular formula is C26H30FN5O2S. The molecule has 5 rings (SSSR count). The van der Waals surface area contributed by atoms with Crippen LogP contribution in [0.1, 0.15) is 65.9 Å². The summed E-state index contributed by atoms with van der Waals surface area (Å²) in [6, 6.07) is 7.57. The van der Waals surface area contributed by atoms with Gasteiger partial charge < -0.3 is 16.0 Å². The smallest absolute Gasteiger partial charge is 0.294 e. The van der Waals surface area contributed by atoms with Crippen LogP contribution in [0.15, 0.2) is 41.3 Å². The highest BCUT2D eigenvalue weighted by Crippen LogP contribution is 2.35. The highest BCUT2D eigenvalue weighted by atomic mass is 32.1. The number of aryl methyl sites for hydroxylation is 1. The van der Waals surface area contributed by atoms with E-state index in [9.17, 15) is 14.0 Å². The summed E-state index contributed by atoms with van der Waals surface area (Å²) in [5.74, 6) is -0.268. The molecule has 9 heteroatoms. The van der Waals surface area contributed by atoms with Crippen LogP contribution in [0.3, 0.4) is 0 Å². The van der Waals surface area contributed by atoms with Crippen LogP contribution in [0, 0.1) is 11.2 Å². The van der Waals surface area contributed by atoms with Gasteiger partial charge in [-0.25, -0.2) is 9.37 Å². The van der Waals surface area contributed by atoms with Crippen molar-refractivity contribution in [1.82, 2.24) is 20.2 Å². The Morgan fingerprint density at radius 1 is 1.29 bits per heavy atom. The molecule has 0 bridgehead atoms. The van der Waals surface area contributed by atoms with Crippen molar-refractivity contribution in [2.45, 2.75) is 65.3 Å². The van der Waals surface area contributed by atoms with Gasteiger partial charge in [0.25, 0.3) is 5.56 Å². The van der Waals surface area contributed by atoms with Gasteiger partial charge in [0.2, 0.25) is 5.91 Å². The van der Waals surface area contributed by atoms with Crippen LogP contribution in [0.2, 0.25) is 0 Å². The van der Waals surface area contributed by atoms with Crippen LogP contribution >= 0.6 is 11.3 Å². The number of thiophene rings is 1. The third kappa shape index (κ3) is 4.75. The minimum absolute atomic E-state index is 0.152. The van der Waals surface area contributed by atoms with Crippen molar-refractivity contribution in [2.24, 2.45) is 5.41 Å². The zero-order valence-corrected chi connectivity index (χ0v) is 21.0. The summed E-state index contributed by atoms with van der Waals surface area (Å²) >= 11 is 1.72. The maximum Gasteiger partial charge on any atom is 0.294 e. The van der Waals surface area contributed by atoms with E-state index in [0.717, 1.165) is 29.2 Å². The van der Waals surface area contributed by atoms with Gasteiger partial charge in [-0.1, -0.05) is 32.9 Å². The largest absolute Gasteiger partial charge is 0.358 e. The van der Waals surface area contributed by atoms with E-state index >= 15 is 0 Å². The first-order valence-corrected chi connectivity index (χ1v) is 12.7. The molecule has 1 unspecified atom stereocenters. The minimum atomic E-state index is -0.562. The number of hydrogen-bond acceptors (Lipinski definition) is 6. The standard InChI is InChI=1S/C26H30FN5O2S/c1-26(2,3)22(15-4-6-17(27)7-5-15)31-23-25(34)32-18(12-29-23)8-9-20(32)24(33)30-13-19-10-16-11-28-14-21(16)35-19/h4-7,10,12,20,22,28H,8-9,11,13-14H2,1-3H3,(H,29,31)(H,30,33)/t20?,22-/m0/s1. The van der Waals surface area contributed by atoms with E-state index in [4.69, 9.17) is 0 Å². The van der Waals surface area contributed by atoms with Crippen LogP contribution in [0.4, 0.5) is 10.2 Å². The van der Waals surface area contributed by atoms with Crippen LogP contribution in [-0.4, -0.2) is 15.5 Å². The van der Waals surface area contributed by atoms with Gasteiger partial charge in [0.05, 0.1) is 12.6 Å². The Bertz CT molecular complexity index is 1290. The first kappa shape index (κ1) is 23.7. The number of nitrogens with one attached hydrogen (secondary N) is 3. The Balaban J connectivity index is 1.36. The number of carbonyl (C=O) groups excluding carboxylic acids is 1. The highest BCUT2D eigenvalue weighted by Gasteiger charge is 2.33. The number of amides is 1. The second-order valence-corrected chi connectivity index (χ2v) is 11.5. The predicted octanol–water partition coefficient (Wildman–Crippen LogP) is 4.05. The predicted molar refractivity (Wildman–Crippen MR) is 135 cm³/mol. The van der Waals surface area contributed by atoms with Crippen molar-refractivity contribution in [2.75, 3.05) is 5.32 Å². The lowest BCUT2D eigenvalue weighted by molar-refractivity contribution is -0.124. The molecular weight excluding hydrogens is 465 g/mol. The molecule has 0 saturated carbocycles. The van der Waals surface area contributed by atoms with E-state index in [0.29, 0.717) is 19.4 Å². The monoisotopic (exact) mass is 495 g/mol. The molecule has 1 amide bonds. The molecule has 1 aromatic carbocycles. The van der Waals surface area contributed by atoms with E-state index in [1.807, 2.05) is 20.8 Å². The molecule has 35 heavy (non-hydrogen) atoms. The molecule has 7 nitrogen and oxygen atoms in total. The van der Waals surface area contributed by atoms with E-state index in [2.05, 4.69) is 27.0 Å². The van der Waals surface area contributed by atoms with Crippen LogP contribution < -0.4 is 21.5 Å². The zero-order chi connectivity index (χ0) is 24.7. The van der Waals surface area contributed by atoms with Crippen LogP contribution in [0.5, 0.6) is 0 Å². The molecule has 2 aliphatic heterocycles. The Morgan fingerprint density at radius 3 is 2.77 bits per heavy atom. The summed E-state index contributed by atoms with van der Waals surface area (Å²) in [6.45, 7) is 8.37. The van der Waals surface area contributed by atoms with Crippen molar-refractivity contribution in [3.05, 3.63) is 79.3 Å². The Kier molecular flexibility index (Phi) is 6.23. The van der Waals surface area contributed by atoms with Gasteiger partial charge in [-0.3, -0.25) is 14.2 Å². The summed E-state index contributed by atoms with van der Waals surface area (Å²) < 4.78 is 15.1. The highest BCUT2D eigenvalue weighted by molar-refractivity contribution is 7.12. The summed E-state index contributed by atoms with van der Waals surface area (Å²) in [4.78, 5) is 33.4. The lowest BCUT2D eigenvalue weighted by atomic mass is 9.82. The normalized spacial score (nSPS) is 17.7. The Labute approximate surface area is 207 Å². The number of aromatic nitrogens is 2. The fourth-order valence-electron chi connectivity index (χ4n) is 4.90. The van der Waals surface area contributed by atoms with Crippen LogP contribution in [-0.2, 0) is 30.8 Å². The van der Waals surface area contributed by atoms with Gasteiger partial charge in [0.15, 0.2) is 5.82 Å². The molecule has 2 atom stereocenters. The quantitative estimate of drug-likeness (QED) is 0.480. The van der Waals surface area contributed by atoms with Gasteiger partial charge in [-0.2, -0.15) is 0 Å². The van der Waals surface area contributed by atoms with Gasteiger partial charge in [-0.15, -0.1) is 11.3 Å². The Hall–Kier alpha value is -3.04. The molecule has 0 radical (unpaired) electrons. The number of rotatable bonds is 6. The van der Waals surface area contributed by atoms with Crippen molar-refractivity contribution < 1.29 is 9.18 Å². The number of anilines is 1. The fraction of sp³-hybridized carbons (Fsp3) is 0.423. The average molecular weight is 496 g/mol. The van der Waals surface area contributed by atoms with Gasteiger partial charge in [-0.05, 0) is 47.6 Å². The Morgan fingerprint density at radius 2 is 2.06 bits per heavy atom. The molecule has 4 heterocycles. The molecule has 3 aromatic rings. The number of hydrogen-bond donors (Lipinski definition) is 3. The molecule has 0 spiro atoms. The van der Waals surface area contributed by atoms with Crippen molar-refractivity contribution >= 4 is 23.1 Å². The summed E-state index contributed by atoms with van der Waals surface area (Å²) in [5.41, 5.74) is 2.34. The number of carbonyl (C=O) groups is 1. The average Bonchev–Trinajstić information content (AvgIpc) is 3.52. The SMILES string of the molecule is CC(C)(C)[C@@H](Nc1ncc2n(c1=O)C(C(=O)NCc1cc3c(s1)CNC3)CC2)c1ccc(F)cc1. The van der Waals surface area contributed by atoms with Crippen molar-refractivity contribution in [3.8, 4) is 0 Å². The lowest BCUT2D eigenvalue weighted by Gasteiger charge is -2.32. The molecule has 0 saturated heterocycles. The third-order valence-corrected chi connectivity index (χ3v) is 7.87. The van der Waals surface area contributed by atoms with Crippen molar-refractivity contribution in [3.63, 3.8) is 0 Å². The minimum Gasteiger partial charge on any atom is -0.358 e. The molecule has 0 fully saturated rings. The topological polar surface area (TPSA) is 88.0 Å². The van der Waals surface area contributed by atoms with Gasteiger partial charge in [0, 0.05) is 34.7 Å². The zero-order valence-electron chi connectivity index (χ0n) is 20.2. The van der Waals surface area contributed by atoms with Gasteiger partial charge in [0.1, 0.15) is 11.9 Å². The number of fused-ring (bicyclic) bond motifs is 2. The molecule has 3 N–H and O–H groups in total. The number of halogens is 1. The molecule has 2 aliphatic rings. The van der Waals surface area contributed by atoms with E-state index in [1.54, 1.807) is 34.2 Å². The van der Waals surface area contributed by atoms with E-state index in [-0.39, 0.29) is 34.6 Å². The van der Waals surface area contributed by atoms with E-state index < -0.39 is 6.04 Å². The third-order valence-electron chi connectivity index (χ3n) is 6.70. The summed E-state index contributed by atoms with van der Waals surface area (Å²) in [6.07, 6.45) is 2.87. The molecule has 184 valence electrons. The molecule has 0 aliphatic carbocycles. The van der Waals surface area contributed by atoms with Crippen LogP contribution in [0.25, 0.3) is 0 Å². The molecule has 2 aromatic heterocycles. The van der Waals surface area contributed by atoms with E-state index in [1.165, 1.54) is 22.6 Å². The second-order valence-electron chi connectivity index (χ2n) is 10.3. The summed E-state index contributed by atoms with van der Waals surface area (Å²) in [5, 5.41) is 9.64.